The number of urea groups is 1. The van der Waals surface area contributed by atoms with Gasteiger partial charge in [-0.3, -0.25) is 9.39 Å². The molecule has 11 heteroatoms. The molecule has 0 aliphatic carbocycles. The molecule has 3 aromatic rings. The molecule has 5 N–H and O–H groups in total. The maximum atomic E-state index is 12.3. The third-order valence-corrected chi connectivity index (χ3v) is 5.08. The molecule has 3 heterocycles. The van der Waals surface area contributed by atoms with Crippen molar-refractivity contribution in [1.29, 1.82) is 0 Å². The summed E-state index contributed by atoms with van der Waals surface area (Å²) in [6.07, 6.45) is 2.32. The Morgan fingerprint density at radius 1 is 1.30 bits per heavy atom. The van der Waals surface area contributed by atoms with E-state index in [1.165, 1.54) is 6.20 Å². The third kappa shape index (κ3) is 5.50. The highest BCUT2D eigenvalue weighted by molar-refractivity contribution is 6.10. The molecule has 0 saturated carbocycles. The third-order valence-electron chi connectivity index (χ3n) is 5.08. The Kier molecular flexibility index (Phi) is 6.31. The molecule has 2 aromatic heterocycles. The first-order valence-corrected chi connectivity index (χ1v) is 10.2. The number of carbonyl (C=O) groups excluding carboxylic acids is 1. The second kappa shape index (κ2) is 9.33. The Balaban J connectivity index is 1.52. The SMILES string of the molecule is NC=C(C=NC1CNC1)c1ccn2c(-c3cccc(NC(=O)NCC(F)(F)F)c3)cnc2c1. The van der Waals surface area contributed by atoms with Crippen LogP contribution in [0.3, 0.4) is 0 Å². The molecule has 0 radical (unpaired) electrons. The number of nitrogens with one attached hydrogen (secondary N) is 3. The molecule has 2 amide bonds. The van der Waals surface area contributed by atoms with E-state index in [0.717, 1.165) is 35.5 Å². The number of nitrogens with two attached hydrogens (primary N) is 1. The lowest BCUT2D eigenvalue weighted by atomic mass is 10.1. The minimum atomic E-state index is -4.48. The van der Waals surface area contributed by atoms with Crippen LogP contribution >= 0.6 is 0 Å². The first-order valence-electron chi connectivity index (χ1n) is 10.2. The number of pyridine rings is 1. The number of rotatable bonds is 6. The average Bonchev–Trinajstić information content (AvgIpc) is 3.17. The number of hydrogen-bond acceptors (Lipinski definition) is 5. The van der Waals surface area contributed by atoms with Crippen LogP contribution in [0, 0.1) is 0 Å². The molecule has 1 fully saturated rings. The highest BCUT2D eigenvalue weighted by atomic mass is 19.4. The molecule has 0 atom stereocenters. The maximum absolute atomic E-state index is 12.3. The van der Waals surface area contributed by atoms with E-state index in [4.69, 9.17) is 5.73 Å². The highest BCUT2D eigenvalue weighted by Gasteiger charge is 2.27. The Labute approximate surface area is 187 Å². The maximum Gasteiger partial charge on any atom is 0.405 e. The van der Waals surface area contributed by atoms with Crippen LogP contribution in [0.4, 0.5) is 23.7 Å². The zero-order valence-corrected chi connectivity index (χ0v) is 17.4. The fourth-order valence-electron chi connectivity index (χ4n) is 3.26. The van der Waals surface area contributed by atoms with Crippen LogP contribution in [-0.4, -0.2) is 53.5 Å². The van der Waals surface area contributed by atoms with Gasteiger partial charge < -0.3 is 21.7 Å². The zero-order chi connectivity index (χ0) is 23.4. The average molecular weight is 457 g/mol. The molecule has 0 spiro atoms. The fraction of sp³-hybridized carbons (Fsp3) is 0.227. The van der Waals surface area contributed by atoms with Crippen LogP contribution in [0.2, 0.25) is 0 Å². The van der Waals surface area contributed by atoms with Crippen LogP contribution in [0.15, 0.2) is 60.0 Å². The minimum absolute atomic E-state index is 0.262. The number of halogens is 3. The van der Waals surface area contributed by atoms with Crippen molar-refractivity contribution in [2.45, 2.75) is 12.2 Å². The first-order chi connectivity index (χ1) is 15.8. The molecule has 1 aliphatic rings. The fourth-order valence-corrected chi connectivity index (χ4v) is 3.26. The van der Waals surface area contributed by atoms with E-state index >= 15 is 0 Å². The molecule has 8 nitrogen and oxygen atoms in total. The first kappa shape index (κ1) is 22.3. The number of hydrogen-bond donors (Lipinski definition) is 4. The summed E-state index contributed by atoms with van der Waals surface area (Å²) >= 11 is 0. The lowest BCUT2D eigenvalue weighted by Gasteiger charge is -2.22. The molecule has 172 valence electrons. The van der Waals surface area contributed by atoms with Crippen molar-refractivity contribution in [2.75, 3.05) is 25.0 Å². The van der Waals surface area contributed by atoms with Gasteiger partial charge in [-0.25, -0.2) is 9.78 Å². The van der Waals surface area contributed by atoms with Gasteiger partial charge in [0.1, 0.15) is 12.2 Å². The van der Waals surface area contributed by atoms with Crippen molar-refractivity contribution in [2.24, 2.45) is 10.7 Å². The summed E-state index contributed by atoms with van der Waals surface area (Å²) < 4.78 is 38.7. The molecule has 4 rings (SSSR count). The number of nitrogens with zero attached hydrogens (tertiary/aromatic N) is 3. The van der Waals surface area contributed by atoms with Crippen LogP contribution in [0.1, 0.15) is 5.56 Å². The number of amides is 2. The van der Waals surface area contributed by atoms with Crippen LogP contribution < -0.4 is 21.7 Å². The van der Waals surface area contributed by atoms with E-state index in [0.29, 0.717) is 11.3 Å². The lowest BCUT2D eigenvalue weighted by molar-refractivity contribution is -0.122. The summed E-state index contributed by atoms with van der Waals surface area (Å²) in [5.74, 6) is 0. The van der Waals surface area contributed by atoms with Crippen molar-refractivity contribution >= 4 is 29.2 Å². The normalized spacial score (nSPS) is 15.1. The summed E-state index contributed by atoms with van der Waals surface area (Å²) in [5, 5.41) is 7.35. The predicted octanol–water partition coefficient (Wildman–Crippen LogP) is 3.03. The van der Waals surface area contributed by atoms with E-state index in [-0.39, 0.29) is 6.04 Å². The molecular formula is C22H22F3N7O. The van der Waals surface area contributed by atoms with Crippen LogP contribution in [0.25, 0.3) is 22.5 Å². The molecule has 1 aromatic carbocycles. The van der Waals surface area contributed by atoms with Gasteiger partial charge in [0.25, 0.3) is 0 Å². The minimum Gasteiger partial charge on any atom is -0.404 e. The van der Waals surface area contributed by atoms with Crippen LogP contribution in [-0.2, 0) is 0 Å². The number of aromatic nitrogens is 2. The summed E-state index contributed by atoms with van der Waals surface area (Å²) in [6.45, 7) is 0.305. The van der Waals surface area contributed by atoms with Gasteiger partial charge in [0.15, 0.2) is 0 Å². The van der Waals surface area contributed by atoms with E-state index < -0.39 is 18.8 Å². The number of allylic oxidation sites excluding steroid dienone is 1. The number of fused-ring (bicyclic) bond motifs is 1. The van der Waals surface area contributed by atoms with E-state index in [1.807, 2.05) is 28.8 Å². The second-order valence-electron chi connectivity index (χ2n) is 7.50. The lowest BCUT2D eigenvalue weighted by Crippen LogP contribution is -2.45. The molecule has 1 saturated heterocycles. The van der Waals surface area contributed by atoms with Crippen molar-refractivity contribution in [1.82, 2.24) is 20.0 Å². The van der Waals surface area contributed by atoms with Crippen LogP contribution in [0.5, 0.6) is 0 Å². The molecular weight excluding hydrogens is 435 g/mol. The predicted molar refractivity (Wildman–Crippen MR) is 121 cm³/mol. The van der Waals surface area contributed by atoms with Gasteiger partial charge in [0.05, 0.1) is 17.9 Å². The topological polar surface area (TPSA) is 109 Å². The van der Waals surface area contributed by atoms with E-state index in [9.17, 15) is 18.0 Å². The van der Waals surface area contributed by atoms with Crippen molar-refractivity contribution in [3.63, 3.8) is 0 Å². The standard InChI is InChI=1S/C22H22F3N7O/c23-22(24,25)13-30-21(33)31-17-3-1-2-15(6-17)19-12-29-20-7-14(4-5-32(19)20)16(8-26)9-28-18-10-27-11-18/h1-9,12,18,27H,10-11,13,26H2,(H2,30,31,33). The second-order valence-corrected chi connectivity index (χ2v) is 7.50. The van der Waals surface area contributed by atoms with Gasteiger partial charge in [-0.1, -0.05) is 12.1 Å². The van der Waals surface area contributed by atoms with Gasteiger partial charge in [-0.15, -0.1) is 0 Å². The van der Waals surface area contributed by atoms with Gasteiger partial charge in [0, 0.05) is 48.5 Å². The highest BCUT2D eigenvalue weighted by Crippen LogP contribution is 2.25. The number of aliphatic imine (C=N–C) groups is 1. The largest absolute Gasteiger partial charge is 0.405 e. The van der Waals surface area contributed by atoms with Crippen molar-refractivity contribution in [3.05, 3.63) is 60.6 Å². The van der Waals surface area contributed by atoms with Gasteiger partial charge >= 0.3 is 12.2 Å². The molecule has 33 heavy (non-hydrogen) atoms. The summed E-state index contributed by atoms with van der Waals surface area (Å²) in [5.41, 5.74) is 9.97. The zero-order valence-electron chi connectivity index (χ0n) is 17.4. The number of imidazole rings is 1. The van der Waals surface area contributed by atoms with E-state index in [2.05, 4.69) is 20.6 Å². The van der Waals surface area contributed by atoms with Gasteiger partial charge in [-0.2, -0.15) is 13.2 Å². The van der Waals surface area contributed by atoms with E-state index in [1.54, 1.807) is 35.9 Å². The summed E-state index contributed by atoms with van der Waals surface area (Å²) in [6, 6.07) is 9.88. The number of anilines is 1. The Hall–Kier alpha value is -3.86. The number of benzene rings is 1. The van der Waals surface area contributed by atoms with Gasteiger partial charge in [0.2, 0.25) is 0 Å². The Morgan fingerprint density at radius 3 is 2.82 bits per heavy atom. The Morgan fingerprint density at radius 2 is 2.12 bits per heavy atom. The summed E-state index contributed by atoms with van der Waals surface area (Å²) in [4.78, 5) is 20.7. The smallest absolute Gasteiger partial charge is 0.404 e. The molecule has 0 unspecified atom stereocenters. The molecule has 0 bridgehead atoms. The van der Waals surface area contributed by atoms with Gasteiger partial charge in [-0.05, 0) is 29.8 Å². The van der Waals surface area contributed by atoms with Crippen molar-refractivity contribution < 1.29 is 18.0 Å². The Bertz CT molecular complexity index is 1210. The quantitative estimate of drug-likeness (QED) is 0.427. The van der Waals surface area contributed by atoms with Crippen molar-refractivity contribution in [3.8, 4) is 11.3 Å². The monoisotopic (exact) mass is 457 g/mol. The number of carbonyl (C=O) groups is 1. The summed E-state index contributed by atoms with van der Waals surface area (Å²) in [7, 11) is 0. The molecule has 1 aliphatic heterocycles. The number of alkyl halides is 3.